The van der Waals surface area contributed by atoms with Gasteiger partial charge in [-0.25, -0.2) is 0 Å². The molecule has 1 aromatic carbocycles. The van der Waals surface area contributed by atoms with Crippen LogP contribution in [0.2, 0.25) is 0 Å². The van der Waals surface area contributed by atoms with Gasteiger partial charge in [0.15, 0.2) is 0 Å². The van der Waals surface area contributed by atoms with E-state index in [0.29, 0.717) is 17.9 Å². The van der Waals surface area contributed by atoms with Crippen LogP contribution in [-0.4, -0.2) is 35.2 Å². The number of rotatable bonds is 7. The lowest BCUT2D eigenvalue weighted by Gasteiger charge is -2.11. The van der Waals surface area contributed by atoms with Crippen LogP contribution in [0.4, 0.5) is 5.69 Å². The second kappa shape index (κ2) is 7.87. The van der Waals surface area contributed by atoms with Gasteiger partial charge in [0.1, 0.15) is 0 Å². The molecule has 1 rings (SSSR count). The quantitative estimate of drug-likeness (QED) is 0.790. The zero-order valence-corrected chi connectivity index (χ0v) is 11.7. The molecule has 5 heteroatoms. The van der Waals surface area contributed by atoms with Crippen LogP contribution < -0.4 is 10.6 Å². The Labute approximate surface area is 111 Å². The monoisotopic (exact) mass is 268 g/mol. The molecule has 2 N–H and O–H groups in total. The Hall–Kier alpha value is -1.36. The second-order valence-electron chi connectivity index (χ2n) is 4.01. The number of carbonyl (C=O) groups is 1. The standard InChI is InChI=1S/C13H20N2O2S/c1-3-8-14-12-7-5-4-6-11(12)13(16)15-9-10-18(2)17/h4-7,14H,3,8-10H2,1-2H3,(H,15,16). The normalized spacial score (nSPS) is 11.9. The number of anilines is 1. The Morgan fingerprint density at radius 2 is 2.00 bits per heavy atom. The Morgan fingerprint density at radius 3 is 2.67 bits per heavy atom. The molecule has 1 unspecified atom stereocenters. The highest BCUT2D eigenvalue weighted by Crippen LogP contribution is 2.14. The summed E-state index contributed by atoms with van der Waals surface area (Å²) in [6, 6.07) is 7.42. The molecule has 0 radical (unpaired) electrons. The molecule has 0 aliphatic heterocycles. The van der Waals surface area contributed by atoms with Crippen LogP contribution >= 0.6 is 0 Å². The Kier molecular flexibility index (Phi) is 6.43. The summed E-state index contributed by atoms with van der Waals surface area (Å²) in [4.78, 5) is 12.0. The van der Waals surface area contributed by atoms with Crippen molar-refractivity contribution in [3.05, 3.63) is 29.8 Å². The van der Waals surface area contributed by atoms with Crippen molar-refractivity contribution in [3.63, 3.8) is 0 Å². The molecule has 100 valence electrons. The zero-order valence-electron chi connectivity index (χ0n) is 10.9. The van der Waals surface area contributed by atoms with Crippen molar-refractivity contribution < 1.29 is 9.00 Å². The molecule has 1 atom stereocenters. The second-order valence-corrected chi connectivity index (χ2v) is 5.56. The third-order valence-corrected chi connectivity index (χ3v) is 3.19. The molecule has 4 nitrogen and oxygen atoms in total. The summed E-state index contributed by atoms with van der Waals surface area (Å²) in [6.45, 7) is 3.35. The van der Waals surface area contributed by atoms with Crippen LogP contribution in [0, 0.1) is 0 Å². The summed E-state index contributed by atoms with van der Waals surface area (Å²) in [5.74, 6) is 0.357. The fraction of sp³-hybridized carbons (Fsp3) is 0.462. The van der Waals surface area contributed by atoms with Gasteiger partial charge in [0.25, 0.3) is 5.91 Å². The first-order chi connectivity index (χ1) is 8.65. The minimum Gasteiger partial charge on any atom is -0.384 e. The van der Waals surface area contributed by atoms with Crippen LogP contribution in [0.1, 0.15) is 23.7 Å². The maximum atomic E-state index is 12.0. The highest BCUT2D eigenvalue weighted by Gasteiger charge is 2.09. The summed E-state index contributed by atoms with van der Waals surface area (Å²) < 4.78 is 10.9. The number of amides is 1. The number of benzene rings is 1. The lowest BCUT2D eigenvalue weighted by Crippen LogP contribution is -2.28. The summed E-state index contributed by atoms with van der Waals surface area (Å²) in [6.07, 6.45) is 2.63. The molecule has 0 saturated carbocycles. The van der Waals surface area contributed by atoms with Crippen LogP contribution in [0.15, 0.2) is 24.3 Å². The van der Waals surface area contributed by atoms with Gasteiger partial charge in [0, 0.05) is 41.6 Å². The van der Waals surface area contributed by atoms with Crippen molar-refractivity contribution in [3.8, 4) is 0 Å². The molecule has 0 heterocycles. The van der Waals surface area contributed by atoms with Crippen LogP contribution in [0.3, 0.4) is 0 Å². The summed E-state index contributed by atoms with van der Waals surface area (Å²) >= 11 is 0. The maximum Gasteiger partial charge on any atom is 0.253 e. The summed E-state index contributed by atoms with van der Waals surface area (Å²) in [5.41, 5.74) is 1.47. The van der Waals surface area contributed by atoms with E-state index in [1.54, 1.807) is 12.3 Å². The van der Waals surface area contributed by atoms with Crippen LogP contribution in [0.5, 0.6) is 0 Å². The van der Waals surface area contributed by atoms with Gasteiger partial charge in [-0.05, 0) is 18.6 Å². The minimum absolute atomic E-state index is 0.125. The topological polar surface area (TPSA) is 58.2 Å². The highest BCUT2D eigenvalue weighted by atomic mass is 32.2. The lowest BCUT2D eigenvalue weighted by molar-refractivity contribution is 0.0957. The Bertz CT molecular complexity index is 421. The van der Waals surface area contributed by atoms with Crippen LogP contribution in [0.25, 0.3) is 0 Å². The number of nitrogens with one attached hydrogen (secondary N) is 2. The largest absolute Gasteiger partial charge is 0.384 e. The lowest BCUT2D eigenvalue weighted by atomic mass is 10.1. The molecule has 0 aliphatic rings. The maximum absolute atomic E-state index is 12.0. The first-order valence-electron chi connectivity index (χ1n) is 6.06. The van der Waals surface area contributed by atoms with Gasteiger partial charge in [0.2, 0.25) is 0 Å². The van der Waals surface area contributed by atoms with E-state index in [9.17, 15) is 9.00 Å². The van der Waals surface area contributed by atoms with Gasteiger partial charge in [-0.3, -0.25) is 9.00 Å². The molecule has 18 heavy (non-hydrogen) atoms. The smallest absolute Gasteiger partial charge is 0.253 e. The summed E-state index contributed by atoms with van der Waals surface area (Å²) in [5, 5.41) is 6.00. The molecule has 0 saturated heterocycles. The van der Waals surface area contributed by atoms with E-state index in [-0.39, 0.29) is 5.91 Å². The number of hydrogen-bond donors (Lipinski definition) is 2. The first-order valence-corrected chi connectivity index (χ1v) is 7.79. The average Bonchev–Trinajstić information content (AvgIpc) is 2.36. The van der Waals surface area contributed by atoms with Crippen molar-refractivity contribution in [1.82, 2.24) is 5.32 Å². The third-order valence-electron chi connectivity index (χ3n) is 2.41. The SMILES string of the molecule is CCCNc1ccccc1C(=O)NCCS(C)=O. The molecule has 0 aromatic heterocycles. The Morgan fingerprint density at radius 1 is 1.28 bits per heavy atom. The molecular weight excluding hydrogens is 248 g/mol. The van der Waals surface area contributed by atoms with Gasteiger partial charge < -0.3 is 10.6 Å². The predicted octanol–water partition coefficient (Wildman–Crippen LogP) is 1.62. The molecule has 0 fully saturated rings. The van der Waals surface area contributed by atoms with Crippen molar-refractivity contribution >= 4 is 22.4 Å². The van der Waals surface area contributed by atoms with E-state index in [4.69, 9.17) is 0 Å². The number of para-hydroxylation sites is 1. The van der Waals surface area contributed by atoms with Crippen molar-refractivity contribution in [2.24, 2.45) is 0 Å². The predicted molar refractivity (Wildman–Crippen MR) is 76.5 cm³/mol. The fourth-order valence-electron chi connectivity index (χ4n) is 1.50. The van der Waals surface area contributed by atoms with Crippen molar-refractivity contribution in [1.29, 1.82) is 0 Å². The highest BCUT2D eigenvalue weighted by molar-refractivity contribution is 7.84. The van der Waals surface area contributed by atoms with E-state index in [1.165, 1.54) is 0 Å². The number of hydrogen-bond acceptors (Lipinski definition) is 3. The third kappa shape index (κ3) is 4.87. The van der Waals surface area contributed by atoms with Gasteiger partial charge in [-0.1, -0.05) is 19.1 Å². The average molecular weight is 268 g/mol. The van der Waals surface area contributed by atoms with E-state index < -0.39 is 10.8 Å². The van der Waals surface area contributed by atoms with Gasteiger partial charge in [0.05, 0.1) is 5.56 Å². The van der Waals surface area contributed by atoms with E-state index in [0.717, 1.165) is 18.7 Å². The molecule has 1 aromatic rings. The molecule has 0 aliphatic carbocycles. The van der Waals surface area contributed by atoms with E-state index >= 15 is 0 Å². The van der Waals surface area contributed by atoms with Crippen molar-refractivity contribution in [2.75, 3.05) is 30.4 Å². The van der Waals surface area contributed by atoms with Crippen molar-refractivity contribution in [2.45, 2.75) is 13.3 Å². The van der Waals surface area contributed by atoms with E-state index in [2.05, 4.69) is 17.6 Å². The molecule has 0 spiro atoms. The molecule has 0 bridgehead atoms. The fourth-order valence-corrected chi connectivity index (χ4v) is 1.89. The van der Waals surface area contributed by atoms with Gasteiger partial charge in [-0.15, -0.1) is 0 Å². The van der Waals surface area contributed by atoms with E-state index in [1.807, 2.05) is 18.2 Å². The minimum atomic E-state index is -0.879. The van der Waals surface area contributed by atoms with Crippen LogP contribution in [-0.2, 0) is 10.8 Å². The number of carbonyl (C=O) groups excluding carboxylic acids is 1. The Balaban J connectivity index is 2.63. The van der Waals surface area contributed by atoms with Gasteiger partial charge in [-0.2, -0.15) is 0 Å². The zero-order chi connectivity index (χ0) is 13.4. The summed E-state index contributed by atoms with van der Waals surface area (Å²) in [7, 11) is -0.879. The first kappa shape index (κ1) is 14.7. The molecule has 1 amide bonds. The van der Waals surface area contributed by atoms with Gasteiger partial charge >= 0.3 is 0 Å². The molecular formula is C13H20N2O2S.